The van der Waals surface area contributed by atoms with Gasteiger partial charge in [-0.15, -0.1) is 12.4 Å². The second-order valence-corrected chi connectivity index (χ2v) is 7.53. The number of hydrogen-bond donors (Lipinski definition) is 2. The van der Waals surface area contributed by atoms with Crippen molar-refractivity contribution >= 4 is 18.3 Å². The second-order valence-electron chi connectivity index (χ2n) is 7.53. The monoisotopic (exact) mass is 353 g/mol. The molecule has 2 fully saturated rings. The number of aryl methyl sites for hydroxylation is 1. The average Bonchev–Trinajstić information content (AvgIpc) is 2.85. The average molecular weight is 354 g/mol. The molecule has 0 radical (unpaired) electrons. The molecular formula is C19H32ClN3O. The molecule has 4 nitrogen and oxygen atoms in total. The van der Waals surface area contributed by atoms with E-state index in [1.807, 2.05) is 0 Å². The first-order chi connectivity index (χ1) is 11.1. The van der Waals surface area contributed by atoms with Gasteiger partial charge < -0.3 is 15.6 Å². The molecule has 0 saturated heterocycles. The van der Waals surface area contributed by atoms with Crippen LogP contribution in [0.25, 0.3) is 0 Å². The Labute approximate surface area is 152 Å². The van der Waals surface area contributed by atoms with Crippen LogP contribution in [-0.2, 0) is 0 Å². The van der Waals surface area contributed by atoms with Gasteiger partial charge in [-0.1, -0.05) is 19.3 Å². The number of rotatable bonds is 3. The van der Waals surface area contributed by atoms with Crippen LogP contribution in [0.1, 0.15) is 85.6 Å². The lowest BCUT2D eigenvalue weighted by atomic mass is 9.91. The van der Waals surface area contributed by atoms with Crippen molar-refractivity contribution in [3.05, 3.63) is 23.0 Å². The number of carbonyl (C=O) groups excluding carboxylic acids is 1. The van der Waals surface area contributed by atoms with E-state index in [9.17, 15) is 4.79 Å². The summed E-state index contributed by atoms with van der Waals surface area (Å²) in [5.41, 5.74) is 9.18. The van der Waals surface area contributed by atoms with E-state index in [-0.39, 0.29) is 18.3 Å². The van der Waals surface area contributed by atoms with Gasteiger partial charge in [-0.05, 0) is 58.4 Å². The molecule has 2 aliphatic carbocycles. The van der Waals surface area contributed by atoms with Crippen molar-refractivity contribution in [1.82, 2.24) is 9.88 Å². The van der Waals surface area contributed by atoms with E-state index in [4.69, 9.17) is 5.73 Å². The van der Waals surface area contributed by atoms with Gasteiger partial charge in [0.05, 0.1) is 5.56 Å². The molecule has 2 saturated carbocycles. The van der Waals surface area contributed by atoms with E-state index in [0.717, 1.165) is 36.9 Å². The summed E-state index contributed by atoms with van der Waals surface area (Å²) >= 11 is 0. The number of hydrogen-bond acceptors (Lipinski definition) is 2. The Morgan fingerprint density at radius 2 is 1.71 bits per heavy atom. The highest BCUT2D eigenvalue weighted by Crippen LogP contribution is 2.32. The largest absolute Gasteiger partial charge is 0.349 e. The molecule has 0 unspecified atom stereocenters. The lowest BCUT2D eigenvalue weighted by Gasteiger charge is -2.27. The topological polar surface area (TPSA) is 60.1 Å². The minimum atomic E-state index is 0. The molecule has 0 aliphatic heterocycles. The lowest BCUT2D eigenvalue weighted by molar-refractivity contribution is 0.0925. The Morgan fingerprint density at radius 1 is 1.08 bits per heavy atom. The molecule has 1 aromatic rings. The van der Waals surface area contributed by atoms with Crippen molar-refractivity contribution in [2.24, 2.45) is 5.73 Å². The molecule has 5 heteroatoms. The Bertz CT molecular complexity index is 555. The van der Waals surface area contributed by atoms with Crippen molar-refractivity contribution < 1.29 is 4.79 Å². The van der Waals surface area contributed by atoms with Gasteiger partial charge in [0, 0.05) is 29.5 Å². The quantitative estimate of drug-likeness (QED) is 0.861. The molecule has 2 aliphatic rings. The maximum Gasteiger partial charge on any atom is 0.253 e. The molecule has 3 N–H and O–H groups in total. The normalized spacial score (nSPS) is 25.1. The minimum absolute atomic E-state index is 0. The molecular weight excluding hydrogens is 322 g/mol. The molecule has 0 atom stereocenters. The molecule has 3 rings (SSSR count). The third-order valence-corrected chi connectivity index (χ3v) is 5.78. The number of nitrogens with zero attached hydrogens (tertiary/aromatic N) is 1. The predicted octanol–water partition coefficient (Wildman–Crippen LogP) is 4.03. The molecule has 1 aromatic heterocycles. The molecule has 0 spiro atoms. The maximum absolute atomic E-state index is 12.7. The van der Waals surface area contributed by atoms with Gasteiger partial charge >= 0.3 is 0 Å². The van der Waals surface area contributed by atoms with E-state index in [2.05, 4.69) is 29.8 Å². The van der Waals surface area contributed by atoms with E-state index in [0.29, 0.717) is 18.1 Å². The van der Waals surface area contributed by atoms with Gasteiger partial charge in [-0.3, -0.25) is 4.79 Å². The van der Waals surface area contributed by atoms with Crippen molar-refractivity contribution in [1.29, 1.82) is 0 Å². The van der Waals surface area contributed by atoms with Crippen molar-refractivity contribution in [3.63, 3.8) is 0 Å². The highest BCUT2D eigenvalue weighted by molar-refractivity contribution is 5.95. The zero-order chi connectivity index (χ0) is 16.4. The molecule has 1 amide bonds. The number of halogens is 1. The zero-order valence-corrected chi connectivity index (χ0v) is 15.8. The number of nitrogens with one attached hydrogen (secondary N) is 1. The summed E-state index contributed by atoms with van der Waals surface area (Å²) in [5, 5.41) is 3.23. The van der Waals surface area contributed by atoms with Crippen LogP contribution >= 0.6 is 12.4 Å². The highest BCUT2D eigenvalue weighted by Gasteiger charge is 2.25. The minimum Gasteiger partial charge on any atom is -0.349 e. The van der Waals surface area contributed by atoms with Crippen LogP contribution in [0, 0.1) is 13.8 Å². The van der Waals surface area contributed by atoms with Gasteiger partial charge in [-0.25, -0.2) is 0 Å². The number of amides is 1. The van der Waals surface area contributed by atoms with Crippen molar-refractivity contribution in [2.45, 2.75) is 89.8 Å². The first-order valence-corrected chi connectivity index (χ1v) is 9.31. The van der Waals surface area contributed by atoms with Crippen molar-refractivity contribution in [2.75, 3.05) is 0 Å². The first kappa shape index (κ1) is 19.3. The van der Waals surface area contributed by atoms with Crippen LogP contribution in [-0.4, -0.2) is 22.6 Å². The fourth-order valence-corrected chi connectivity index (χ4v) is 4.43. The van der Waals surface area contributed by atoms with Gasteiger partial charge in [0.2, 0.25) is 0 Å². The van der Waals surface area contributed by atoms with Crippen LogP contribution in [0.5, 0.6) is 0 Å². The summed E-state index contributed by atoms with van der Waals surface area (Å²) in [4.78, 5) is 12.7. The summed E-state index contributed by atoms with van der Waals surface area (Å²) < 4.78 is 2.41. The summed E-state index contributed by atoms with van der Waals surface area (Å²) in [6.07, 6.45) is 10.5. The number of carbonyl (C=O) groups is 1. The predicted molar refractivity (Wildman–Crippen MR) is 101 cm³/mol. The third kappa shape index (κ3) is 4.15. The first-order valence-electron chi connectivity index (χ1n) is 9.31. The van der Waals surface area contributed by atoms with E-state index >= 15 is 0 Å². The summed E-state index contributed by atoms with van der Waals surface area (Å²) in [7, 11) is 0. The fourth-order valence-electron chi connectivity index (χ4n) is 4.43. The number of aromatic nitrogens is 1. The van der Waals surface area contributed by atoms with Gasteiger partial charge in [0.15, 0.2) is 0 Å². The van der Waals surface area contributed by atoms with Gasteiger partial charge in [0.25, 0.3) is 5.91 Å². The molecule has 1 heterocycles. The summed E-state index contributed by atoms with van der Waals surface area (Å²) in [6.45, 7) is 4.24. The van der Waals surface area contributed by atoms with E-state index in [1.54, 1.807) is 0 Å². The van der Waals surface area contributed by atoms with Crippen LogP contribution < -0.4 is 11.1 Å². The van der Waals surface area contributed by atoms with E-state index in [1.165, 1.54) is 37.8 Å². The summed E-state index contributed by atoms with van der Waals surface area (Å²) in [6, 6.07) is 3.27. The number of nitrogens with two attached hydrogens (primary N) is 1. The molecule has 0 bridgehead atoms. The van der Waals surface area contributed by atoms with E-state index < -0.39 is 0 Å². The smallest absolute Gasteiger partial charge is 0.253 e. The SMILES string of the molecule is Cc1cc(C(=O)NC2CCC(N)CC2)c(C)n1C1CCCCC1.Cl. The lowest BCUT2D eigenvalue weighted by Crippen LogP contribution is -2.40. The maximum atomic E-state index is 12.7. The van der Waals surface area contributed by atoms with Crippen LogP contribution in [0.4, 0.5) is 0 Å². The highest BCUT2D eigenvalue weighted by atomic mass is 35.5. The van der Waals surface area contributed by atoms with Gasteiger partial charge in [0.1, 0.15) is 0 Å². The molecule has 24 heavy (non-hydrogen) atoms. The Kier molecular flexibility index (Phi) is 6.76. The summed E-state index contributed by atoms with van der Waals surface area (Å²) in [5.74, 6) is 0.0978. The Morgan fingerprint density at radius 3 is 2.33 bits per heavy atom. The molecule has 0 aromatic carbocycles. The zero-order valence-electron chi connectivity index (χ0n) is 15.0. The fraction of sp³-hybridized carbons (Fsp3) is 0.737. The molecule has 136 valence electrons. The second kappa shape index (κ2) is 8.39. The van der Waals surface area contributed by atoms with Crippen molar-refractivity contribution in [3.8, 4) is 0 Å². The third-order valence-electron chi connectivity index (χ3n) is 5.78. The van der Waals surface area contributed by atoms with Gasteiger partial charge in [-0.2, -0.15) is 0 Å². The van der Waals surface area contributed by atoms with Crippen LogP contribution in [0.3, 0.4) is 0 Å². The van der Waals surface area contributed by atoms with Crippen LogP contribution in [0.2, 0.25) is 0 Å². The standard InChI is InChI=1S/C19H31N3O.ClH/c1-13-12-18(14(2)22(13)17-6-4-3-5-7-17)19(23)21-16-10-8-15(20)9-11-16;/h12,15-17H,3-11,20H2,1-2H3,(H,21,23);1H. The Balaban J connectivity index is 0.00000208. The van der Waals surface area contributed by atoms with Crippen LogP contribution in [0.15, 0.2) is 6.07 Å². The Hall–Kier alpha value is -1.000.